The second-order valence-corrected chi connectivity index (χ2v) is 7.25. The van der Waals surface area contributed by atoms with Crippen LogP contribution in [-0.4, -0.2) is 25.5 Å². The Morgan fingerprint density at radius 1 is 1.17 bits per heavy atom. The van der Waals surface area contributed by atoms with Crippen molar-refractivity contribution in [3.63, 3.8) is 0 Å². The summed E-state index contributed by atoms with van der Waals surface area (Å²) in [5.41, 5.74) is 4.49. The van der Waals surface area contributed by atoms with Gasteiger partial charge in [-0.1, -0.05) is 112 Å². The van der Waals surface area contributed by atoms with Crippen LogP contribution in [0.2, 0.25) is 0 Å². The first-order valence-electron chi connectivity index (χ1n) is 11.0. The zero-order valence-corrected chi connectivity index (χ0v) is 20.5. The number of allylic oxidation sites excluding steroid dienone is 10. The summed E-state index contributed by atoms with van der Waals surface area (Å²) in [4.78, 5) is 2.18. The number of rotatable bonds is 7. The molecule has 1 aromatic carbocycles. The predicted octanol–water partition coefficient (Wildman–Crippen LogP) is 8.59. The molecular formula is C28H40ClN. The van der Waals surface area contributed by atoms with Crippen molar-refractivity contribution in [3.05, 3.63) is 102 Å². The van der Waals surface area contributed by atoms with E-state index in [4.69, 9.17) is 11.6 Å². The average Bonchev–Trinajstić information content (AvgIpc) is 2.77. The average molecular weight is 426 g/mol. The quantitative estimate of drug-likeness (QED) is 0.395. The molecule has 0 bridgehead atoms. The molecule has 0 amide bonds. The van der Waals surface area contributed by atoms with Crippen molar-refractivity contribution in [3.8, 4) is 0 Å². The van der Waals surface area contributed by atoms with Crippen LogP contribution >= 0.6 is 11.6 Å². The van der Waals surface area contributed by atoms with Crippen LogP contribution in [0.3, 0.4) is 0 Å². The fourth-order valence-corrected chi connectivity index (χ4v) is 3.33. The van der Waals surface area contributed by atoms with E-state index < -0.39 is 0 Å². The van der Waals surface area contributed by atoms with E-state index in [1.54, 1.807) is 0 Å². The topological polar surface area (TPSA) is 3.24 Å². The Morgan fingerprint density at radius 3 is 2.27 bits per heavy atom. The molecule has 0 unspecified atom stereocenters. The Balaban J connectivity index is 0.000000905. The Bertz CT molecular complexity index is 746. The monoisotopic (exact) mass is 425 g/mol. The normalized spacial score (nSPS) is 14.3. The Hall–Kier alpha value is -2.09. The minimum absolute atomic E-state index is 0.786. The SMILES string of the molecule is C=C/C=C(\C=C/C)C(/C1=CC=CCC1)=C(\Cl)c1ccccc1.CC.CCCN(C)C. The number of hydrogen-bond donors (Lipinski definition) is 0. The Kier molecular flexibility index (Phi) is 16.5. The second-order valence-electron chi connectivity index (χ2n) is 6.87. The standard InChI is InChI=1S/C21H21Cl.C5H13N.C2H6/c1-3-11-17(12-4-2)20(18-13-7-5-8-14-18)21(22)19-15-9-6-10-16-19;1-4-5-6(2)3;1-2/h3-7,9-13,15-16H,1,8,14H2,2H3;4-5H2,1-3H3;1-2H3/b12-4-,17-11+,21-20+;;. The molecule has 1 aromatic rings. The van der Waals surface area contributed by atoms with E-state index in [9.17, 15) is 0 Å². The number of benzene rings is 1. The van der Waals surface area contributed by atoms with Crippen molar-refractivity contribution in [1.29, 1.82) is 0 Å². The van der Waals surface area contributed by atoms with E-state index in [2.05, 4.69) is 56.8 Å². The van der Waals surface area contributed by atoms with Crippen LogP contribution in [-0.2, 0) is 0 Å². The van der Waals surface area contributed by atoms with Crippen LogP contribution in [0.15, 0.2) is 96.2 Å². The molecule has 2 rings (SSSR count). The maximum absolute atomic E-state index is 6.78. The van der Waals surface area contributed by atoms with Crippen LogP contribution in [0.25, 0.3) is 5.03 Å². The van der Waals surface area contributed by atoms with E-state index in [1.165, 1.54) is 18.5 Å². The van der Waals surface area contributed by atoms with Gasteiger partial charge < -0.3 is 4.90 Å². The van der Waals surface area contributed by atoms with Crippen molar-refractivity contribution < 1.29 is 0 Å². The summed E-state index contributed by atoms with van der Waals surface area (Å²) in [6.45, 7) is 13.2. The molecule has 164 valence electrons. The molecule has 2 heteroatoms. The highest BCUT2D eigenvalue weighted by Crippen LogP contribution is 2.36. The summed E-state index contributed by atoms with van der Waals surface area (Å²) in [7, 11) is 4.17. The summed E-state index contributed by atoms with van der Waals surface area (Å²) in [6, 6.07) is 10.1. The first kappa shape index (κ1) is 27.9. The van der Waals surface area contributed by atoms with E-state index >= 15 is 0 Å². The summed E-state index contributed by atoms with van der Waals surface area (Å²) in [6.07, 6.45) is 17.7. The van der Waals surface area contributed by atoms with Crippen molar-refractivity contribution >= 4 is 16.6 Å². The Labute approximate surface area is 190 Å². The van der Waals surface area contributed by atoms with E-state index in [0.29, 0.717) is 0 Å². The molecule has 30 heavy (non-hydrogen) atoms. The minimum Gasteiger partial charge on any atom is -0.309 e. The van der Waals surface area contributed by atoms with Crippen LogP contribution in [0.5, 0.6) is 0 Å². The van der Waals surface area contributed by atoms with E-state index in [1.807, 2.05) is 69.3 Å². The Morgan fingerprint density at radius 2 is 1.83 bits per heavy atom. The molecule has 1 nitrogen and oxygen atoms in total. The zero-order chi connectivity index (χ0) is 22.8. The van der Waals surface area contributed by atoms with Crippen molar-refractivity contribution in [2.45, 2.75) is 47.0 Å². The third kappa shape index (κ3) is 10.6. The molecule has 0 spiro atoms. The minimum atomic E-state index is 0.786. The summed E-state index contributed by atoms with van der Waals surface area (Å²) < 4.78 is 0. The zero-order valence-electron chi connectivity index (χ0n) is 19.8. The molecule has 0 radical (unpaired) electrons. The van der Waals surface area contributed by atoms with Gasteiger partial charge in [0.2, 0.25) is 0 Å². The van der Waals surface area contributed by atoms with Gasteiger partial charge in [0, 0.05) is 5.57 Å². The van der Waals surface area contributed by atoms with Crippen molar-refractivity contribution in [1.82, 2.24) is 4.90 Å². The molecule has 0 aliphatic heterocycles. The lowest BCUT2D eigenvalue weighted by molar-refractivity contribution is 0.408. The van der Waals surface area contributed by atoms with Gasteiger partial charge in [0.05, 0.1) is 5.03 Å². The van der Waals surface area contributed by atoms with Gasteiger partial charge >= 0.3 is 0 Å². The third-order valence-electron chi connectivity index (χ3n) is 4.18. The molecule has 0 heterocycles. The number of hydrogen-bond acceptors (Lipinski definition) is 1. The first-order valence-corrected chi connectivity index (χ1v) is 11.3. The fourth-order valence-electron chi connectivity index (χ4n) is 2.97. The van der Waals surface area contributed by atoms with Gasteiger partial charge in [-0.2, -0.15) is 0 Å². The highest BCUT2D eigenvalue weighted by molar-refractivity contribution is 6.50. The van der Waals surface area contributed by atoms with Gasteiger partial charge in [-0.3, -0.25) is 0 Å². The largest absolute Gasteiger partial charge is 0.309 e. The van der Waals surface area contributed by atoms with Gasteiger partial charge in [0.15, 0.2) is 0 Å². The first-order chi connectivity index (χ1) is 14.5. The molecule has 1 aliphatic rings. The molecule has 0 atom stereocenters. The van der Waals surface area contributed by atoms with Crippen molar-refractivity contribution in [2.24, 2.45) is 0 Å². The maximum Gasteiger partial charge on any atom is 0.0559 e. The smallest absolute Gasteiger partial charge is 0.0559 e. The lowest BCUT2D eigenvalue weighted by Gasteiger charge is -2.17. The molecular weight excluding hydrogens is 386 g/mol. The van der Waals surface area contributed by atoms with E-state index in [-0.39, 0.29) is 0 Å². The number of halogens is 1. The molecule has 0 saturated carbocycles. The third-order valence-corrected chi connectivity index (χ3v) is 4.59. The highest BCUT2D eigenvalue weighted by atomic mass is 35.5. The summed E-state index contributed by atoms with van der Waals surface area (Å²) >= 11 is 6.78. The second kappa shape index (κ2) is 17.7. The lowest BCUT2D eigenvalue weighted by Crippen LogP contribution is -2.11. The molecule has 0 aromatic heterocycles. The van der Waals surface area contributed by atoms with Gasteiger partial charge in [-0.25, -0.2) is 0 Å². The van der Waals surface area contributed by atoms with Gasteiger partial charge in [-0.05, 0) is 63.5 Å². The molecule has 0 fully saturated rings. The lowest BCUT2D eigenvalue weighted by atomic mass is 9.89. The van der Waals surface area contributed by atoms with Gasteiger partial charge in [0.1, 0.15) is 0 Å². The molecule has 0 saturated heterocycles. The van der Waals surface area contributed by atoms with Crippen LogP contribution < -0.4 is 0 Å². The summed E-state index contributed by atoms with van der Waals surface area (Å²) in [5, 5.41) is 0.786. The molecule has 0 N–H and O–H groups in total. The summed E-state index contributed by atoms with van der Waals surface area (Å²) in [5.74, 6) is 0. The van der Waals surface area contributed by atoms with Crippen molar-refractivity contribution in [2.75, 3.05) is 20.6 Å². The fraction of sp³-hybridized carbons (Fsp3) is 0.357. The number of nitrogens with zero attached hydrogens (tertiary/aromatic N) is 1. The van der Waals surface area contributed by atoms with Gasteiger partial charge in [0.25, 0.3) is 0 Å². The highest BCUT2D eigenvalue weighted by Gasteiger charge is 2.15. The van der Waals surface area contributed by atoms with Crippen LogP contribution in [0.1, 0.15) is 52.5 Å². The molecule has 1 aliphatic carbocycles. The maximum atomic E-state index is 6.78. The van der Waals surface area contributed by atoms with Crippen LogP contribution in [0.4, 0.5) is 0 Å². The van der Waals surface area contributed by atoms with E-state index in [0.717, 1.165) is 34.6 Å². The van der Waals surface area contributed by atoms with Crippen LogP contribution in [0, 0.1) is 0 Å². The van der Waals surface area contributed by atoms with Gasteiger partial charge in [-0.15, -0.1) is 0 Å². The predicted molar refractivity (Wildman–Crippen MR) is 139 cm³/mol.